The van der Waals surface area contributed by atoms with Crippen molar-refractivity contribution < 1.29 is 9.53 Å². The molecule has 1 N–H and O–H groups in total. The first-order valence-electron chi connectivity index (χ1n) is 5.56. The second kappa shape index (κ2) is 5.95. The Kier molecular flexibility index (Phi) is 4.30. The van der Waals surface area contributed by atoms with Gasteiger partial charge >= 0.3 is 5.97 Å². The third-order valence-electron chi connectivity index (χ3n) is 2.36. The molecule has 2 rings (SSSR count). The number of hydrogen-bond acceptors (Lipinski definition) is 3. The van der Waals surface area contributed by atoms with E-state index in [-0.39, 0.29) is 5.97 Å². The zero-order chi connectivity index (χ0) is 13.8. The molecule has 0 amide bonds. The maximum Gasteiger partial charge on any atom is 0.308 e. The van der Waals surface area contributed by atoms with Gasteiger partial charge in [0.05, 0.1) is 21.4 Å². The summed E-state index contributed by atoms with van der Waals surface area (Å²) in [5.41, 5.74) is 1.19. The molecule has 0 radical (unpaired) electrons. The van der Waals surface area contributed by atoms with Crippen molar-refractivity contribution >= 4 is 40.5 Å². The number of ether oxygens (including phenoxy) is 1. The minimum absolute atomic E-state index is 0.389. The summed E-state index contributed by atoms with van der Waals surface area (Å²) in [4.78, 5) is 11.0. The maximum atomic E-state index is 11.0. The molecule has 5 heteroatoms. The second-order valence-electron chi connectivity index (χ2n) is 3.81. The molecule has 0 aliphatic heterocycles. The first-order valence-corrected chi connectivity index (χ1v) is 6.32. The monoisotopic (exact) mass is 295 g/mol. The Morgan fingerprint density at radius 2 is 1.68 bits per heavy atom. The molecule has 0 aromatic heterocycles. The molecule has 3 nitrogen and oxygen atoms in total. The van der Waals surface area contributed by atoms with Gasteiger partial charge in [0.1, 0.15) is 0 Å². The summed E-state index contributed by atoms with van der Waals surface area (Å²) in [6.07, 6.45) is 0. The van der Waals surface area contributed by atoms with E-state index in [1.165, 1.54) is 6.92 Å². The molecule has 0 saturated heterocycles. The van der Waals surface area contributed by atoms with Crippen LogP contribution in [0.4, 0.5) is 11.4 Å². The summed E-state index contributed by atoms with van der Waals surface area (Å²) in [6, 6.07) is 12.3. The number of carbonyl (C=O) groups is 1. The SMILES string of the molecule is CC(=O)Oc1ccccc1Nc1c(Cl)cccc1Cl. The fourth-order valence-electron chi connectivity index (χ4n) is 1.57. The lowest BCUT2D eigenvalue weighted by molar-refractivity contribution is -0.131. The summed E-state index contributed by atoms with van der Waals surface area (Å²) in [5, 5.41) is 4.06. The number of nitrogens with one attached hydrogen (secondary N) is 1. The fourth-order valence-corrected chi connectivity index (χ4v) is 2.06. The molecule has 0 unspecified atom stereocenters. The fraction of sp³-hybridized carbons (Fsp3) is 0.0714. The van der Waals surface area contributed by atoms with Crippen LogP contribution in [-0.2, 0) is 4.79 Å². The van der Waals surface area contributed by atoms with E-state index in [2.05, 4.69) is 5.32 Å². The Hall–Kier alpha value is -1.71. The van der Waals surface area contributed by atoms with E-state index >= 15 is 0 Å². The number of hydrogen-bond donors (Lipinski definition) is 1. The van der Waals surface area contributed by atoms with Crippen LogP contribution in [-0.4, -0.2) is 5.97 Å². The number of anilines is 2. The summed E-state index contributed by atoms with van der Waals surface area (Å²) in [5.74, 6) is 0.0329. The predicted molar refractivity (Wildman–Crippen MR) is 77.5 cm³/mol. The number of para-hydroxylation sites is 3. The van der Waals surface area contributed by atoms with Gasteiger partial charge in [-0.2, -0.15) is 0 Å². The molecule has 0 aliphatic rings. The van der Waals surface area contributed by atoms with Crippen LogP contribution < -0.4 is 10.1 Å². The first-order chi connectivity index (χ1) is 9.08. The quantitative estimate of drug-likeness (QED) is 0.661. The van der Waals surface area contributed by atoms with Gasteiger partial charge in [0, 0.05) is 6.92 Å². The average molecular weight is 296 g/mol. The van der Waals surface area contributed by atoms with Gasteiger partial charge in [0.2, 0.25) is 0 Å². The number of halogens is 2. The normalized spacial score (nSPS) is 10.1. The summed E-state index contributed by atoms with van der Waals surface area (Å²) in [7, 11) is 0. The van der Waals surface area contributed by atoms with E-state index in [1.807, 2.05) is 6.07 Å². The third-order valence-corrected chi connectivity index (χ3v) is 2.99. The van der Waals surface area contributed by atoms with Crippen molar-refractivity contribution in [2.24, 2.45) is 0 Å². The lowest BCUT2D eigenvalue weighted by atomic mass is 10.2. The van der Waals surface area contributed by atoms with E-state index in [1.54, 1.807) is 36.4 Å². The zero-order valence-corrected chi connectivity index (χ0v) is 11.6. The lowest BCUT2D eigenvalue weighted by Gasteiger charge is -2.13. The smallest absolute Gasteiger partial charge is 0.308 e. The average Bonchev–Trinajstić information content (AvgIpc) is 2.35. The number of benzene rings is 2. The van der Waals surface area contributed by atoms with Crippen LogP contribution in [0.25, 0.3) is 0 Å². The molecule has 0 spiro atoms. The van der Waals surface area contributed by atoms with Crippen molar-refractivity contribution in [1.82, 2.24) is 0 Å². The van der Waals surface area contributed by atoms with Crippen LogP contribution in [0.2, 0.25) is 10.0 Å². The van der Waals surface area contributed by atoms with Crippen LogP contribution >= 0.6 is 23.2 Å². The van der Waals surface area contributed by atoms with Crippen molar-refractivity contribution in [2.45, 2.75) is 6.92 Å². The molecular formula is C14H11Cl2NO2. The molecule has 0 saturated carbocycles. The van der Waals surface area contributed by atoms with E-state index in [0.717, 1.165) is 0 Å². The molecule has 0 heterocycles. The molecule has 0 atom stereocenters. The Labute approximate surface area is 121 Å². The Morgan fingerprint density at radius 1 is 1.05 bits per heavy atom. The van der Waals surface area contributed by atoms with Gasteiger partial charge in [0.25, 0.3) is 0 Å². The van der Waals surface area contributed by atoms with E-state index in [4.69, 9.17) is 27.9 Å². The first kappa shape index (κ1) is 13.7. The highest BCUT2D eigenvalue weighted by molar-refractivity contribution is 6.39. The topological polar surface area (TPSA) is 38.3 Å². The van der Waals surface area contributed by atoms with Crippen LogP contribution in [0.1, 0.15) is 6.92 Å². The van der Waals surface area contributed by atoms with Crippen molar-refractivity contribution in [2.75, 3.05) is 5.32 Å². The van der Waals surface area contributed by atoms with Crippen molar-refractivity contribution in [3.8, 4) is 5.75 Å². The third kappa shape index (κ3) is 3.40. The Bertz CT molecular complexity index is 594. The van der Waals surface area contributed by atoms with Crippen molar-refractivity contribution in [1.29, 1.82) is 0 Å². The maximum absolute atomic E-state index is 11.0. The standard InChI is InChI=1S/C14H11Cl2NO2/c1-9(18)19-13-8-3-2-7-12(13)17-14-10(15)5-4-6-11(14)16/h2-8,17H,1H3. The Balaban J connectivity index is 2.36. The number of carbonyl (C=O) groups excluding carboxylic acids is 1. The van der Waals surface area contributed by atoms with Gasteiger partial charge in [-0.1, -0.05) is 41.4 Å². The van der Waals surface area contributed by atoms with Gasteiger partial charge in [-0.3, -0.25) is 4.79 Å². The minimum atomic E-state index is -0.389. The highest BCUT2D eigenvalue weighted by Crippen LogP contribution is 2.35. The second-order valence-corrected chi connectivity index (χ2v) is 4.63. The number of esters is 1. The van der Waals surface area contributed by atoms with E-state index in [0.29, 0.717) is 27.2 Å². The van der Waals surface area contributed by atoms with Crippen molar-refractivity contribution in [3.63, 3.8) is 0 Å². The van der Waals surface area contributed by atoms with Crippen LogP contribution in [0.15, 0.2) is 42.5 Å². The van der Waals surface area contributed by atoms with Crippen LogP contribution in [0.5, 0.6) is 5.75 Å². The van der Waals surface area contributed by atoms with Crippen molar-refractivity contribution in [3.05, 3.63) is 52.5 Å². The lowest BCUT2D eigenvalue weighted by Crippen LogP contribution is -2.04. The molecule has 0 bridgehead atoms. The van der Waals surface area contributed by atoms with Gasteiger partial charge in [-0.05, 0) is 24.3 Å². The molecule has 2 aromatic rings. The van der Waals surface area contributed by atoms with Gasteiger partial charge in [-0.25, -0.2) is 0 Å². The van der Waals surface area contributed by atoms with Gasteiger partial charge in [-0.15, -0.1) is 0 Å². The predicted octanol–water partition coefficient (Wildman–Crippen LogP) is 4.66. The largest absolute Gasteiger partial charge is 0.424 e. The van der Waals surface area contributed by atoms with E-state index in [9.17, 15) is 4.79 Å². The highest BCUT2D eigenvalue weighted by Gasteiger charge is 2.10. The summed E-state index contributed by atoms with van der Waals surface area (Å²) in [6.45, 7) is 1.35. The minimum Gasteiger partial charge on any atom is -0.424 e. The zero-order valence-electron chi connectivity index (χ0n) is 10.1. The molecular weight excluding hydrogens is 285 g/mol. The molecule has 0 aliphatic carbocycles. The van der Waals surface area contributed by atoms with Crippen LogP contribution in [0, 0.1) is 0 Å². The number of rotatable bonds is 3. The molecule has 0 fully saturated rings. The van der Waals surface area contributed by atoms with Crippen LogP contribution in [0.3, 0.4) is 0 Å². The Morgan fingerprint density at radius 3 is 2.32 bits per heavy atom. The highest BCUT2D eigenvalue weighted by atomic mass is 35.5. The summed E-state index contributed by atoms with van der Waals surface area (Å²) >= 11 is 12.2. The molecule has 2 aromatic carbocycles. The molecule has 19 heavy (non-hydrogen) atoms. The van der Waals surface area contributed by atoms with Gasteiger partial charge < -0.3 is 10.1 Å². The molecule has 98 valence electrons. The van der Waals surface area contributed by atoms with E-state index < -0.39 is 0 Å². The summed E-state index contributed by atoms with van der Waals surface area (Å²) < 4.78 is 5.11. The van der Waals surface area contributed by atoms with Gasteiger partial charge in [0.15, 0.2) is 5.75 Å².